The summed E-state index contributed by atoms with van der Waals surface area (Å²) in [6.45, 7) is 6.11. The average Bonchev–Trinajstić information content (AvgIpc) is 3.09. The van der Waals surface area contributed by atoms with Gasteiger partial charge in [-0.1, -0.05) is 41.9 Å². The molecule has 3 aromatic rings. The van der Waals surface area contributed by atoms with Crippen LogP contribution in [0.25, 0.3) is 0 Å². The molecule has 0 fully saturated rings. The van der Waals surface area contributed by atoms with Crippen molar-refractivity contribution in [2.24, 2.45) is 0 Å². The van der Waals surface area contributed by atoms with Crippen LogP contribution in [0.3, 0.4) is 0 Å². The molecule has 0 aliphatic rings. The fourth-order valence-corrected chi connectivity index (χ4v) is 4.69. The van der Waals surface area contributed by atoms with Gasteiger partial charge in [0.1, 0.15) is 11.5 Å². The molecule has 0 aliphatic carbocycles. The number of aromatic hydroxyl groups is 1. The van der Waals surface area contributed by atoms with E-state index in [0.717, 1.165) is 27.8 Å². The predicted molar refractivity (Wildman–Crippen MR) is 119 cm³/mol. The largest absolute Gasteiger partial charge is 0.507 e. The minimum absolute atomic E-state index is 0.0488. The van der Waals surface area contributed by atoms with Gasteiger partial charge in [0.15, 0.2) is 0 Å². The van der Waals surface area contributed by atoms with Gasteiger partial charge in [0.05, 0.1) is 5.56 Å². The van der Waals surface area contributed by atoms with Crippen molar-refractivity contribution in [2.45, 2.75) is 52.4 Å². The van der Waals surface area contributed by atoms with Crippen molar-refractivity contribution in [1.82, 2.24) is 0 Å². The van der Waals surface area contributed by atoms with Crippen LogP contribution in [0, 0.1) is 6.92 Å². The fraction of sp³-hybridized carbons (Fsp3) is 0.348. The molecule has 0 amide bonds. The van der Waals surface area contributed by atoms with Crippen LogP contribution in [-0.4, -0.2) is 5.11 Å². The van der Waals surface area contributed by atoms with E-state index in [0.29, 0.717) is 24.2 Å². The first-order chi connectivity index (χ1) is 13.4. The van der Waals surface area contributed by atoms with Crippen molar-refractivity contribution in [2.75, 3.05) is 0 Å². The summed E-state index contributed by atoms with van der Waals surface area (Å²) < 4.78 is 6.86. The number of aryl methyl sites for hydroxylation is 1. The lowest BCUT2D eigenvalue weighted by Gasteiger charge is -2.19. The van der Waals surface area contributed by atoms with Gasteiger partial charge in [0, 0.05) is 32.1 Å². The number of hydrogen-bond donors (Lipinski definition) is 1. The SMILES string of the molecule is CCc1c(C(CC)Cc2ccc(Br)cc2)oc(=O)c(Cc2ccc(C)s2)c1O. The average molecular weight is 461 g/mol. The summed E-state index contributed by atoms with van der Waals surface area (Å²) in [5.74, 6) is 0.781. The highest BCUT2D eigenvalue weighted by atomic mass is 79.9. The number of benzene rings is 1. The topological polar surface area (TPSA) is 50.4 Å². The monoisotopic (exact) mass is 460 g/mol. The summed E-state index contributed by atoms with van der Waals surface area (Å²) >= 11 is 5.10. The van der Waals surface area contributed by atoms with E-state index in [-0.39, 0.29) is 11.7 Å². The Kier molecular flexibility index (Phi) is 6.78. The lowest BCUT2D eigenvalue weighted by molar-refractivity contribution is 0.377. The van der Waals surface area contributed by atoms with Crippen LogP contribution in [0.4, 0.5) is 0 Å². The third-order valence-corrected chi connectivity index (χ3v) is 6.61. The standard InChI is InChI=1S/C23H25BrO3S/c1-4-16(12-15-7-9-17(24)10-8-15)22-19(5-2)21(25)20(23(26)27-22)13-18-11-6-14(3)28-18/h6-11,16,25H,4-5,12-13H2,1-3H3. The van der Waals surface area contributed by atoms with Gasteiger partial charge in [-0.25, -0.2) is 4.79 Å². The van der Waals surface area contributed by atoms with Gasteiger partial charge < -0.3 is 9.52 Å². The number of rotatable bonds is 7. The van der Waals surface area contributed by atoms with E-state index in [1.807, 2.05) is 38.1 Å². The maximum absolute atomic E-state index is 12.7. The Morgan fingerprint density at radius 1 is 1.11 bits per heavy atom. The van der Waals surface area contributed by atoms with Crippen molar-refractivity contribution in [3.8, 4) is 5.75 Å². The second-order valence-electron chi connectivity index (χ2n) is 7.04. The van der Waals surface area contributed by atoms with E-state index >= 15 is 0 Å². The normalized spacial score (nSPS) is 12.3. The molecular weight excluding hydrogens is 436 g/mol. The summed E-state index contributed by atoms with van der Waals surface area (Å²) in [7, 11) is 0. The Balaban J connectivity index is 1.97. The van der Waals surface area contributed by atoms with Gasteiger partial charge in [-0.05, 0) is 56.0 Å². The van der Waals surface area contributed by atoms with Crippen molar-refractivity contribution in [1.29, 1.82) is 0 Å². The molecule has 0 spiro atoms. The minimum atomic E-state index is -0.426. The van der Waals surface area contributed by atoms with Crippen LogP contribution in [0.2, 0.25) is 0 Å². The van der Waals surface area contributed by atoms with E-state index in [2.05, 4.69) is 35.0 Å². The summed E-state index contributed by atoms with van der Waals surface area (Å²) in [4.78, 5) is 15.0. The van der Waals surface area contributed by atoms with Crippen molar-refractivity contribution in [3.05, 3.63) is 83.5 Å². The molecule has 0 saturated carbocycles. The molecule has 0 saturated heterocycles. The quantitative estimate of drug-likeness (QED) is 0.445. The first-order valence-corrected chi connectivity index (χ1v) is 11.2. The molecule has 5 heteroatoms. The summed E-state index contributed by atoms with van der Waals surface area (Å²) in [6.07, 6.45) is 2.62. The third-order valence-electron chi connectivity index (χ3n) is 5.08. The Hall–Kier alpha value is -1.85. The zero-order chi connectivity index (χ0) is 20.3. The molecule has 0 bridgehead atoms. The lowest BCUT2D eigenvalue weighted by Crippen LogP contribution is -2.15. The maximum atomic E-state index is 12.7. The smallest absolute Gasteiger partial charge is 0.343 e. The minimum Gasteiger partial charge on any atom is -0.507 e. The van der Waals surface area contributed by atoms with Crippen molar-refractivity contribution >= 4 is 27.3 Å². The van der Waals surface area contributed by atoms with E-state index in [4.69, 9.17) is 4.42 Å². The highest BCUT2D eigenvalue weighted by molar-refractivity contribution is 9.10. The number of halogens is 1. The van der Waals surface area contributed by atoms with Crippen LogP contribution in [0.1, 0.15) is 58.4 Å². The summed E-state index contributed by atoms with van der Waals surface area (Å²) in [5, 5.41) is 10.9. The van der Waals surface area contributed by atoms with Gasteiger partial charge in [0.25, 0.3) is 0 Å². The zero-order valence-electron chi connectivity index (χ0n) is 16.4. The number of hydrogen-bond acceptors (Lipinski definition) is 4. The molecule has 3 rings (SSSR count). The molecule has 1 aromatic carbocycles. The molecule has 2 aromatic heterocycles. The fourth-order valence-electron chi connectivity index (χ4n) is 3.53. The first kappa shape index (κ1) is 20.9. The van der Waals surface area contributed by atoms with E-state index < -0.39 is 5.63 Å². The molecule has 1 N–H and O–H groups in total. The highest BCUT2D eigenvalue weighted by Crippen LogP contribution is 2.34. The predicted octanol–water partition coefficient (Wildman–Crippen LogP) is 6.37. The zero-order valence-corrected chi connectivity index (χ0v) is 18.8. The van der Waals surface area contributed by atoms with Gasteiger partial charge in [-0.3, -0.25) is 0 Å². The van der Waals surface area contributed by atoms with Crippen LogP contribution in [0.15, 0.2) is 50.1 Å². The van der Waals surface area contributed by atoms with E-state index in [1.165, 1.54) is 10.4 Å². The van der Waals surface area contributed by atoms with Crippen LogP contribution in [-0.2, 0) is 19.3 Å². The van der Waals surface area contributed by atoms with E-state index in [1.54, 1.807) is 11.3 Å². The summed E-state index contributed by atoms with van der Waals surface area (Å²) in [6, 6.07) is 12.2. The molecule has 2 heterocycles. The van der Waals surface area contributed by atoms with Gasteiger partial charge in [-0.15, -0.1) is 11.3 Å². The molecule has 28 heavy (non-hydrogen) atoms. The Morgan fingerprint density at radius 3 is 2.39 bits per heavy atom. The molecule has 1 atom stereocenters. The lowest BCUT2D eigenvalue weighted by atomic mass is 9.90. The molecule has 148 valence electrons. The molecule has 0 radical (unpaired) electrons. The second-order valence-corrected chi connectivity index (χ2v) is 9.33. The Bertz CT molecular complexity index is 1000. The van der Waals surface area contributed by atoms with E-state index in [9.17, 15) is 9.90 Å². The van der Waals surface area contributed by atoms with Gasteiger partial charge in [0.2, 0.25) is 0 Å². The Labute approximate surface area is 178 Å². The molecular formula is C23H25BrO3S. The molecule has 3 nitrogen and oxygen atoms in total. The van der Waals surface area contributed by atoms with Gasteiger partial charge in [-0.2, -0.15) is 0 Å². The van der Waals surface area contributed by atoms with Gasteiger partial charge >= 0.3 is 5.63 Å². The summed E-state index contributed by atoms with van der Waals surface area (Å²) in [5.41, 5.74) is 1.87. The van der Waals surface area contributed by atoms with Crippen molar-refractivity contribution in [3.63, 3.8) is 0 Å². The van der Waals surface area contributed by atoms with Crippen LogP contribution in [0.5, 0.6) is 5.75 Å². The van der Waals surface area contributed by atoms with Crippen LogP contribution < -0.4 is 5.63 Å². The first-order valence-electron chi connectivity index (χ1n) is 9.60. The highest BCUT2D eigenvalue weighted by Gasteiger charge is 2.24. The third kappa shape index (κ3) is 4.58. The Morgan fingerprint density at radius 2 is 1.82 bits per heavy atom. The van der Waals surface area contributed by atoms with Crippen LogP contribution >= 0.6 is 27.3 Å². The van der Waals surface area contributed by atoms with Crippen molar-refractivity contribution < 1.29 is 9.52 Å². The number of thiophene rings is 1. The molecule has 1 unspecified atom stereocenters. The molecule has 0 aliphatic heterocycles. The maximum Gasteiger partial charge on any atom is 0.343 e. The second kappa shape index (κ2) is 9.10.